The highest BCUT2D eigenvalue weighted by Gasteiger charge is 2.17. The van der Waals surface area contributed by atoms with Crippen LogP contribution < -0.4 is 0 Å². The molecule has 2 rings (SSSR count). The molecular weight excluding hydrogens is 298 g/mol. The molecule has 0 unspecified atom stereocenters. The molecule has 0 atom stereocenters. The highest BCUT2D eigenvalue weighted by molar-refractivity contribution is 9.10. The highest BCUT2D eigenvalue weighted by atomic mass is 79.9. The zero-order chi connectivity index (χ0) is 12.5. The van der Waals surface area contributed by atoms with Crippen LogP contribution in [0.2, 0.25) is 0 Å². The van der Waals surface area contributed by atoms with Crippen LogP contribution in [0.3, 0.4) is 0 Å². The molecule has 0 amide bonds. The van der Waals surface area contributed by atoms with E-state index in [-0.39, 0.29) is 5.41 Å². The lowest BCUT2D eigenvalue weighted by molar-refractivity contribution is 0.571. The Morgan fingerprint density at radius 3 is 2.71 bits per heavy atom. The number of hydrogen-bond donors (Lipinski definition) is 0. The second-order valence-corrected chi connectivity index (χ2v) is 6.59. The Kier molecular flexibility index (Phi) is 3.58. The van der Waals surface area contributed by atoms with Crippen molar-refractivity contribution in [2.24, 2.45) is 0 Å². The molecule has 0 saturated heterocycles. The first kappa shape index (κ1) is 12.6. The predicted octanol–water partition coefficient (Wildman–Crippen LogP) is 3.58. The van der Waals surface area contributed by atoms with Crippen molar-refractivity contribution in [1.82, 2.24) is 15.0 Å². The van der Waals surface area contributed by atoms with Crippen molar-refractivity contribution in [3.63, 3.8) is 0 Å². The topological polar surface area (TPSA) is 38.7 Å². The van der Waals surface area contributed by atoms with Gasteiger partial charge in [-0.15, -0.1) is 11.3 Å². The smallest absolute Gasteiger partial charge is 0.116 e. The normalized spacial score (nSPS) is 11.8. The van der Waals surface area contributed by atoms with Crippen molar-refractivity contribution in [3.05, 3.63) is 38.8 Å². The third-order valence-corrected chi connectivity index (χ3v) is 3.96. The summed E-state index contributed by atoms with van der Waals surface area (Å²) in [6.45, 7) is 6.52. The molecule has 17 heavy (non-hydrogen) atoms. The summed E-state index contributed by atoms with van der Waals surface area (Å²) >= 11 is 5.12. The van der Waals surface area contributed by atoms with Gasteiger partial charge in [-0.25, -0.2) is 15.0 Å². The summed E-state index contributed by atoms with van der Waals surface area (Å²) in [4.78, 5) is 12.8. The third kappa shape index (κ3) is 3.10. The molecule has 2 heterocycles. The Labute approximate surface area is 113 Å². The van der Waals surface area contributed by atoms with E-state index in [4.69, 9.17) is 0 Å². The van der Waals surface area contributed by atoms with E-state index in [0.717, 1.165) is 27.3 Å². The largest absolute Gasteiger partial charge is 0.245 e. The molecule has 0 fully saturated rings. The van der Waals surface area contributed by atoms with Gasteiger partial charge in [-0.1, -0.05) is 20.8 Å². The van der Waals surface area contributed by atoms with E-state index in [0.29, 0.717) is 0 Å². The van der Waals surface area contributed by atoms with E-state index in [9.17, 15) is 0 Å². The summed E-state index contributed by atoms with van der Waals surface area (Å²) in [6, 6.07) is 0. The maximum absolute atomic E-state index is 4.66. The maximum Gasteiger partial charge on any atom is 0.116 e. The van der Waals surface area contributed by atoms with Crippen LogP contribution in [0.1, 0.15) is 37.0 Å². The van der Waals surface area contributed by atoms with Gasteiger partial charge in [0.05, 0.1) is 10.7 Å². The minimum absolute atomic E-state index is 0.110. The van der Waals surface area contributed by atoms with E-state index >= 15 is 0 Å². The fourth-order valence-electron chi connectivity index (χ4n) is 1.36. The summed E-state index contributed by atoms with van der Waals surface area (Å²) < 4.78 is 0.847. The van der Waals surface area contributed by atoms with Crippen LogP contribution in [0.15, 0.2) is 22.5 Å². The quantitative estimate of drug-likeness (QED) is 0.796. The van der Waals surface area contributed by atoms with E-state index < -0.39 is 0 Å². The Morgan fingerprint density at radius 2 is 2.12 bits per heavy atom. The van der Waals surface area contributed by atoms with Gasteiger partial charge in [0.15, 0.2) is 0 Å². The Bertz CT molecular complexity index is 516. The van der Waals surface area contributed by atoms with Gasteiger partial charge in [-0.3, -0.25) is 0 Å². The molecular formula is C12H14BrN3S. The van der Waals surface area contributed by atoms with Gasteiger partial charge in [0.2, 0.25) is 0 Å². The molecule has 2 aromatic rings. The lowest BCUT2D eigenvalue weighted by Gasteiger charge is -2.14. The van der Waals surface area contributed by atoms with E-state index in [2.05, 4.69) is 57.0 Å². The molecule has 0 bridgehead atoms. The third-order valence-electron chi connectivity index (χ3n) is 2.39. The maximum atomic E-state index is 4.66. The van der Waals surface area contributed by atoms with Gasteiger partial charge in [0.1, 0.15) is 10.9 Å². The molecule has 3 nitrogen and oxygen atoms in total. The van der Waals surface area contributed by atoms with E-state index in [1.807, 2.05) is 6.20 Å². The number of nitrogens with zero attached hydrogens (tertiary/aromatic N) is 3. The number of rotatable bonds is 2. The minimum atomic E-state index is 0.110. The molecule has 2 aromatic heterocycles. The van der Waals surface area contributed by atoms with E-state index in [1.165, 1.54) is 6.33 Å². The molecule has 0 aliphatic heterocycles. The van der Waals surface area contributed by atoms with Crippen LogP contribution >= 0.6 is 27.3 Å². The monoisotopic (exact) mass is 311 g/mol. The van der Waals surface area contributed by atoms with Crippen LogP contribution in [-0.2, 0) is 11.8 Å². The van der Waals surface area contributed by atoms with Crippen molar-refractivity contribution in [2.45, 2.75) is 32.6 Å². The van der Waals surface area contributed by atoms with Gasteiger partial charge < -0.3 is 0 Å². The number of halogens is 1. The molecule has 90 valence electrons. The minimum Gasteiger partial charge on any atom is -0.245 e. The van der Waals surface area contributed by atoms with Crippen LogP contribution in [0, 0.1) is 0 Å². The lowest BCUT2D eigenvalue weighted by Crippen LogP contribution is -2.11. The first-order valence-electron chi connectivity index (χ1n) is 5.36. The van der Waals surface area contributed by atoms with Crippen molar-refractivity contribution in [3.8, 4) is 0 Å². The molecule has 0 saturated carbocycles. The van der Waals surface area contributed by atoms with Gasteiger partial charge in [0.25, 0.3) is 0 Å². The van der Waals surface area contributed by atoms with E-state index in [1.54, 1.807) is 11.3 Å². The fraction of sp³-hybridized carbons (Fsp3) is 0.417. The number of hydrogen-bond acceptors (Lipinski definition) is 4. The van der Waals surface area contributed by atoms with Gasteiger partial charge in [-0.05, 0) is 15.9 Å². The standard InChI is InChI=1S/C12H14BrN3S/c1-12(2,3)9-6-17-10(16-9)4-8-5-14-7-15-11(8)13/h5-7H,4H2,1-3H3. The summed E-state index contributed by atoms with van der Waals surface area (Å²) in [5, 5.41) is 3.23. The molecule has 0 aliphatic rings. The zero-order valence-electron chi connectivity index (χ0n) is 10.1. The zero-order valence-corrected chi connectivity index (χ0v) is 12.5. The molecule has 0 aliphatic carbocycles. The molecule has 0 aromatic carbocycles. The predicted molar refractivity (Wildman–Crippen MR) is 73.4 cm³/mol. The van der Waals surface area contributed by atoms with Crippen LogP contribution in [0.4, 0.5) is 0 Å². The molecule has 5 heteroatoms. The first-order chi connectivity index (χ1) is 7.97. The van der Waals surface area contributed by atoms with Crippen molar-refractivity contribution in [2.75, 3.05) is 0 Å². The summed E-state index contributed by atoms with van der Waals surface area (Å²) in [6.07, 6.45) is 4.15. The van der Waals surface area contributed by atoms with Gasteiger partial charge in [0, 0.05) is 29.0 Å². The number of aromatic nitrogens is 3. The molecule has 0 spiro atoms. The van der Waals surface area contributed by atoms with Gasteiger partial charge in [-0.2, -0.15) is 0 Å². The Hall–Kier alpha value is -0.810. The summed E-state index contributed by atoms with van der Waals surface area (Å²) in [5.41, 5.74) is 2.33. The second-order valence-electron chi connectivity index (χ2n) is 4.89. The molecule has 0 N–H and O–H groups in total. The highest BCUT2D eigenvalue weighted by Crippen LogP contribution is 2.25. The van der Waals surface area contributed by atoms with Crippen LogP contribution in [-0.4, -0.2) is 15.0 Å². The van der Waals surface area contributed by atoms with Crippen LogP contribution in [0.25, 0.3) is 0 Å². The number of thiazole rings is 1. The average molecular weight is 312 g/mol. The SMILES string of the molecule is CC(C)(C)c1csc(Cc2cncnc2Br)n1. The Morgan fingerprint density at radius 1 is 1.35 bits per heavy atom. The average Bonchev–Trinajstić information content (AvgIpc) is 2.69. The fourth-order valence-corrected chi connectivity index (χ4v) is 2.74. The lowest BCUT2D eigenvalue weighted by atomic mass is 9.93. The first-order valence-corrected chi connectivity index (χ1v) is 7.03. The van der Waals surface area contributed by atoms with Gasteiger partial charge >= 0.3 is 0 Å². The van der Waals surface area contributed by atoms with Crippen LogP contribution in [0.5, 0.6) is 0 Å². The summed E-state index contributed by atoms with van der Waals surface area (Å²) in [7, 11) is 0. The molecule has 0 radical (unpaired) electrons. The van der Waals surface area contributed by atoms with Crippen molar-refractivity contribution >= 4 is 27.3 Å². The van der Waals surface area contributed by atoms with Crippen molar-refractivity contribution < 1.29 is 0 Å². The second kappa shape index (κ2) is 4.82. The summed E-state index contributed by atoms with van der Waals surface area (Å²) in [5.74, 6) is 0. The van der Waals surface area contributed by atoms with Crippen molar-refractivity contribution in [1.29, 1.82) is 0 Å². The Balaban J connectivity index is 2.21.